The largest absolute Gasteiger partial charge is 0.495 e. The number of nitrogens with zero attached hydrogens (tertiary/aromatic N) is 1. The van der Waals surface area contributed by atoms with Gasteiger partial charge in [-0.2, -0.15) is 0 Å². The van der Waals surface area contributed by atoms with Crippen LogP contribution < -0.4 is 20.1 Å². The van der Waals surface area contributed by atoms with Gasteiger partial charge in [0.15, 0.2) is 0 Å². The summed E-state index contributed by atoms with van der Waals surface area (Å²) < 4.78 is 61.6. The first-order valence-corrected chi connectivity index (χ1v) is 14.6. The van der Waals surface area contributed by atoms with Gasteiger partial charge in [0.25, 0.3) is 21.8 Å². The second-order valence-electron chi connectivity index (χ2n) is 9.67. The van der Waals surface area contributed by atoms with Gasteiger partial charge < -0.3 is 20.3 Å². The van der Waals surface area contributed by atoms with Gasteiger partial charge in [0.2, 0.25) is 0 Å². The Labute approximate surface area is 248 Å². The van der Waals surface area contributed by atoms with Gasteiger partial charge in [0.1, 0.15) is 22.3 Å². The molecule has 4 rings (SSSR count). The number of carbonyl (C=O) groups excluding carboxylic acids is 2. The third kappa shape index (κ3) is 7.86. The number of hydrogen-bond donors (Lipinski definition) is 3. The highest BCUT2D eigenvalue weighted by molar-refractivity contribution is 7.92. The van der Waals surface area contributed by atoms with Crippen molar-refractivity contribution in [2.45, 2.75) is 4.90 Å². The lowest BCUT2D eigenvalue weighted by Crippen LogP contribution is -2.28. The first-order valence-electron chi connectivity index (χ1n) is 13.1. The van der Waals surface area contributed by atoms with E-state index in [1.54, 1.807) is 74.8 Å². The average molecular weight is 609 g/mol. The molecule has 0 saturated carbocycles. The average Bonchev–Trinajstić information content (AvgIpc) is 2.98. The van der Waals surface area contributed by atoms with Gasteiger partial charge in [-0.05, 0) is 65.7 Å². The highest BCUT2D eigenvalue weighted by Crippen LogP contribution is 2.32. The Hall–Kier alpha value is -4.97. The van der Waals surface area contributed by atoms with Crippen LogP contribution in [-0.4, -0.2) is 59.4 Å². The van der Waals surface area contributed by atoms with Crippen LogP contribution in [0.25, 0.3) is 11.1 Å². The molecule has 2 amide bonds. The number of benzene rings is 4. The van der Waals surface area contributed by atoms with E-state index in [0.717, 1.165) is 12.1 Å². The topological polar surface area (TPSA) is 117 Å². The minimum atomic E-state index is -4.11. The van der Waals surface area contributed by atoms with E-state index in [2.05, 4.69) is 15.4 Å². The second-order valence-corrected chi connectivity index (χ2v) is 11.3. The summed E-state index contributed by atoms with van der Waals surface area (Å²) in [6.07, 6.45) is 0. The number of sulfonamides is 1. The third-order valence-corrected chi connectivity index (χ3v) is 7.68. The first-order chi connectivity index (χ1) is 20.5. The minimum absolute atomic E-state index is 0.0910. The van der Waals surface area contributed by atoms with Crippen molar-refractivity contribution in [2.24, 2.45) is 0 Å². The molecule has 0 heterocycles. The Kier molecular flexibility index (Phi) is 9.61. The van der Waals surface area contributed by atoms with Crippen molar-refractivity contribution in [3.63, 3.8) is 0 Å². The van der Waals surface area contributed by atoms with Gasteiger partial charge in [-0.3, -0.25) is 14.3 Å². The van der Waals surface area contributed by atoms with E-state index in [9.17, 15) is 26.8 Å². The summed E-state index contributed by atoms with van der Waals surface area (Å²) in [7, 11) is 0.565. The van der Waals surface area contributed by atoms with Gasteiger partial charge in [-0.1, -0.05) is 24.3 Å². The van der Waals surface area contributed by atoms with Crippen molar-refractivity contribution >= 4 is 33.2 Å². The number of anilines is 2. The van der Waals surface area contributed by atoms with E-state index in [0.29, 0.717) is 28.4 Å². The lowest BCUT2D eigenvalue weighted by molar-refractivity contribution is 0.0827. The molecule has 0 aliphatic heterocycles. The van der Waals surface area contributed by atoms with E-state index >= 15 is 0 Å². The number of amides is 2. The lowest BCUT2D eigenvalue weighted by Gasteiger charge is -2.15. The van der Waals surface area contributed by atoms with Gasteiger partial charge in [-0.25, -0.2) is 17.2 Å². The van der Waals surface area contributed by atoms with Crippen molar-refractivity contribution in [2.75, 3.05) is 44.3 Å². The van der Waals surface area contributed by atoms with Crippen molar-refractivity contribution in [3.8, 4) is 16.9 Å². The molecule has 0 spiro atoms. The highest BCUT2D eigenvalue weighted by atomic mass is 32.2. The van der Waals surface area contributed by atoms with Crippen molar-refractivity contribution in [1.29, 1.82) is 0 Å². The molecule has 0 fully saturated rings. The van der Waals surface area contributed by atoms with Crippen LogP contribution in [0.5, 0.6) is 5.75 Å². The molecule has 0 radical (unpaired) electrons. The minimum Gasteiger partial charge on any atom is -0.495 e. The molecule has 43 heavy (non-hydrogen) atoms. The fraction of sp³-hybridized carbons (Fsp3) is 0.161. The second kappa shape index (κ2) is 13.3. The van der Waals surface area contributed by atoms with Crippen LogP contribution in [0.15, 0.2) is 89.8 Å². The monoisotopic (exact) mass is 608 g/mol. The van der Waals surface area contributed by atoms with Crippen LogP contribution in [-0.2, 0) is 10.0 Å². The number of methoxy groups -OCH3 is 1. The van der Waals surface area contributed by atoms with Crippen LogP contribution in [0.4, 0.5) is 20.2 Å². The van der Waals surface area contributed by atoms with E-state index in [-0.39, 0.29) is 40.9 Å². The molecule has 4 aromatic carbocycles. The summed E-state index contributed by atoms with van der Waals surface area (Å²) in [5.41, 5.74) is 2.40. The Morgan fingerprint density at radius 3 is 2.16 bits per heavy atom. The Balaban J connectivity index is 1.46. The summed E-state index contributed by atoms with van der Waals surface area (Å²) in [5.74, 6) is -2.37. The number of nitrogens with one attached hydrogen (secondary N) is 3. The van der Waals surface area contributed by atoms with Crippen LogP contribution in [0, 0.1) is 11.6 Å². The van der Waals surface area contributed by atoms with E-state index in [1.165, 1.54) is 18.1 Å². The molecular formula is C31H30F2N4O5S. The van der Waals surface area contributed by atoms with Crippen molar-refractivity contribution in [3.05, 3.63) is 108 Å². The molecule has 0 bridgehead atoms. The molecule has 0 aromatic heterocycles. The number of halogens is 2. The van der Waals surface area contributed by atoms with E-state index in [4.69, 9.17) is 4.74 Å². The Morgan fingerprint density at radius 1 is 0.791 bits per heavy atom. The Bertz CT molecular complexity index is 1740. The molecule has 4 aromatic rings. The molecule has 9 nitrogen and oxygen atoms in total. The summed E-state index contributed by atoms with van der Waals surface area (Å²) in [4.78, 5) is 26.0. The standard InChI is InChI=1S/C31H30F2N4O5S/c1-37(2)31(39)22-7-4-6-20(14-22)21-10-11-28(42-3)29(17-21)43(40,41)36-27-9-5-8-26(19-27)34-12-13-35-30(38)23-15-24(32)18-25(33)16-23/h4-11,14-19,34,36H,12-13H2,1-3H3,(H,35,38). The van der Waals surface area contributed by atoms with Crippen molar-refractivity contribution < 1.29 is 31.5 Å². The maximum Gasteiger partial charge on any atom is 0.265 e. The van der Waals surface area contributed by atoms with Crippen LogP contribution >= 0.6 is 0 Å². The zero-order chi connectivity index (χ0) is 31.1. The zero-order valence-electron chi connectivity index (χ0n) is 23.6. The van der Waals surface area contributed by atoms with E-state index < -0.39 is 27.6 Å². The Morgan fingerprint density at radius 2 is 1.47 bits per heavy atom. The summed E-state index contributed by atoms with van der Waals surface area (Å²) in [6.45, 7) is 0.392. The molecule has 3 N–H and O–H groups in total. The maximum atomic E-state index is 13.5. The number of carbonyl (C=O) groups is 2. The number of hydrogen-bond acceptors (Lipinski definition) is 6. The lowest BCUT2D eigenvalue weighted by atomic mass is 10.0. The predicted octanol–water partition coefficient (Wildman–Crippen LogP) is 4.98. The van der Waals surface area contributed by atoms with Crippen LogP contribution in [0.2, 0.25) is 0 Å². The summed E-state index contributed by atoms with van der Waals surface area (Å²) in [5, 5.41) is 5.63. The summed E-state index contributed by atoms with van der Waals surface area (Å²) in [6, 6.07) is 20.7. The highest BCUT2D eigenvalue weighted by Gasteiger charge is 2.21. The van der Waals surface area contributed by atoms with Gasteiger partial charge >= 0.3 is 0 Å². The molecule has 0 atom stereocenters. The first kappa shape index (κ1) is 31.0. The predicted molar refractivity (Wildman–Crippen MR) is 161 cm³/mol. The molecule has 0 aliphatic carbocycles. The van der Waals surface area contributed by atoms with Gasteiger partial charge in [-0.15, -0.1) is 0 Å². The normalized spacial score (nSPS) is 11.0. The fourth-order valence-corrected chi connectivity index (χ4v) is 5.47. The number of ether oxygens (including phenoxy) is 1. The van der Waals surface area contributed by atoms with Crippen molar-refractivity contribution in [1.82, 2.24) is 10.2 Å². The molecule has 224 valence electrons. The fourth-order valence-electron chi connectivity index (χ4n) is 4.23. The summed E-state index contributed by atoms with van der Waals surface area (Å²) >= 11 is 0. The molecule has 12 heteroatoms. The molecule has 0 unspecified atom stereocenters. The third-order valence-electron chi connectivity index (χ3n) is 6.28. The maximum absolute atomic E-state index is 13.5. The van der Waals surface area contributed by atoms with Crippen LogP contribution in [0.3, 0.4) is 0 Å². The number of rotatable bonds is 11. The van der Waals surface area contributed by atoms with Gasteiger partial charge in [0.05, 0.1) is 12.8 Å². The zero-order valence-corrected chi connectivity index (χ0v) is 24.5. The van der Waals surface area contributed by atoms with Crippen LogP contribution in [0.1, 0.15) is 20.7 Å². The molecule has 0 aliphatic rings. The molecule has 0 saturated heterocycles. The smallest absolute Gasteiger partial charge is 0.265 e. The molecular weight excluding hydrogens is 578 g/mol. The quantitative estimate of drug-likeness (QED) is 0.207. The SMILES string of the molecule is COc1ccc(-c2cccc(C(=O)N(C)C)c2)cc1S(=O)(=O)Nc1cccc(NCCNC(=O)c2cc(F)cc(F)c2)c1. The van der Waals surface area contributed by atoms with E-state index in [1.807, 2.05) is 0 Å². The van der Waals surface area contributed by atoms with Gasteiger partial charge in [0, 0.05) is 50.1 Å².